The number of hydrogen-bond donors (Lipinski definition) is 0. The number of carbonyl (C=O) groups excluding carboxylic acids is 2. The summed E-state index contributed by atoms with van der Waals surface area (Å²) in [5.41, 5.74) is 2.43. The summed E-state index contributed by atoms with van der Waals surface area (Å²) in [7, 11) is 0. The predicted octanol–water partition coefficient (Wildman–Crippen LogP) is 7.80. The van der Waals surface area contributed by atoms with E-state index in [1.54, 1.807) is 5.57 Å². The number of Topliss-reactive ketones (excluding diaryl/α,β-unsaturated/α-hetero) is 2. The molecular formula is C30H48O2. The molecule has 0 amide bonds. The molecule has 3 fully saturated rings. The van der Waals surface area contributed by atoms with Crippen LogP contribution in [0.3, 0.4) is 0 Å². The Labute approximate surface area is 197 Å². The van der Waals surface area contributed by atoms with Crippen LogP contribution >= 0.6 is 0 Å². The van der Waals surface area contributed by atoms with Crippen molar-refractivity contribution in [3.8, 4) is 0 Å². The highest BCUT2D eigenvalue weighted by Crippen LogP contribution is 2.73. The molecule has 4 aliphatic rings. The molecule has 0 saturated heterocycles. The molecule has 0 unspecified atom stereocenters. The zero-order valence-corrected chi connectivity index (χ0v) is 22.1. The van der Waals surface area contributed by atoms with Gasteiger partial charge in [0.15, 0.2) is 0 Å². The van der Waals surface area contributed by atoms with Crippen molar-refractivity contribution in [3.05, 3.63) is 11.6 Å². The Kier molecular flexibility index (Phi) is 5.91. The highest BCUT2D eigenvalue weighted by atomic mass is 16.1. The molecule has 7 atom stereocenters. The van der Waals surface area contributed by atoms with Crippen LogP contribution in [0.4, 0.5) is 0 Å². The molecule has 32 heavy (non-hydrogen) atoms. The first-order valence-corrected chi connectivity index (χ1v) is 13.6. The Hall–Kier alpha value is -0.920. The summed E-state index contributed by atoms with van der Waals surface area (Å²) in [5, 5.41) is 0. The SMILES string of the molecule is CC(C)C(=O)CC[C@H](C)[C@@H]1CC[C@@]2(C)C3=CC[C@H]4C(C)(C)C(=O)CC[C@]4(C)[C@H]3CC[C@]12C. The summed E-state index contributed by atoms with van der Waals surface area (Å²) >= 11 is 0. The summed E-state index contributed by atoms with van der Waals surface area (Å²) in [5.74, 6) is 3.52. The third-order valence-electron chi connectivity index (χ3n) is 11.8. The van der Waals surface area contributed by atoms with E-state index in [1.165, 1.54) is 25.7 Å². The molecule has 2 nitrogen and oxygen atoms in total. The number of rotatable bonds is 5. The molecule has 0 aromatic rings. The van der Waals surface area contributed by atoms with Crippen molar-refractivity contribution in [2.75, 3.05) is 0 Å². The van der Waals surface area contributed by atoms with Crippen molar-refractivity contribution >= 4 is 11.6 Å². The quantitative estimate of drug-likeness (QED) is 0.409. The lowest BCUT2D eigenvalue weighted by Gasteiger charge is -2.63. The highest BCUT2D eigenvalue weighted by Gasteiger charge is 2.65. The second kappa shape index (κ2) is 7.81. The fourth-order valence-electron chi connectivity index (χ4n) is 9.33. The molecule has 0 heterocycles. The molecule has 0 aromatic heterocycles. The molecule has 0 spiro atoms. The van der Waals surface area contributed by atoms with Crippen LogP contribution in [0.25, 0.3) is 0 Å². The molecule has 180 valence electrons. The minimum absolute atomic E-state index is 0.162. The summed E-state index contributed by atoms with van der Waals surface area (Å²) in [6.45, 7) is 18.6. The van der Waals surface area contributed by atoms with Gasteiger partial charge in [0.1, 0.15) is 11.6 Å². The number of carbonyl (C=O) groups is 2. The van der Waals surface area contributed by atoms with Gasteiger partial charge in [-0.25, -0.2) is 0 Å². The highest BCUT2D eigenvalue weighted by molar-refractivity contribution is 5.85. The van der Waals surface area contributed by atoms with E-state index in [0.717, 1.165) is 32.1 Å². The van der Waals surface area contributed by atoms with E-state index < -0.39 is 0 Å². The minimum Gasteiger partial charge on any atom is -0.299 e. The predicted molar refractivity (Wildman–Crippen MR) is 132 cm³/mol. The molecule has 0 aliphatic heterocycles. The summed E-state index contributed by atoms with van der Waals surface area (Å²) < 4.78 is 0. The fourth-order valence-corrected chi connectivity index (χ4v) is 9.33. The van der Waals surface area contributed by atoms with Gasteiger partial charge < -0.3 is 0 Å². The number of hydrogen-bond acceptors (Lipinski definition) is 2. The van der Waals surface area contributed by atoms with Crippen LogP contribution in [0.15, 0.2) is 11.6 Å². The Morgan fingerprint density at radius 3 is 2.38 bits per heavy atom. The smallest absolute Gasteiger partial charge is 0.138 e. The van der Waals surface area contributed by atoms with Gasteiger partial charge in [0.25, 0.3) is 0 Å². The minimum atomic E-state index is -0.188. The maximum Gasteiger partial charge on any atom is 0.138 e. The number of allylic oxidation sites excluding steroid dienone is 2. The fraction of sp³-hybridized carbons (Fsp3) is 0.867. The Balaban J connectivity index is 1.61. The molecule has 3 saturated carbocycles. The van der Waals surface area contributed by atoms with Gasteiger partial charge in [0.05, 0.1) is 0 Å². The number of fused-ring (bicyclic) bond motifs is 5. The van der Waals surface area contributed by atoms with Crippen molar-refractivity contribution in [1.29, 1.82) is 0 Å². The topological polar surface area (TPSA) is 34.1 Å². The standard InChI is InChI=1S/C30H48O2/c1-19(2)24(31)11-9-20(3)21-13-17-30(8)23-10-12-25-27(4,5)26(32)15-16-28(25,6)22(23)14-18-29(21,30)7/h10,19-22,25H,9,11-18H2,1-8H3/t20-,21-,22-,25-,28+,29+,30-/m0/s1. The Morgan fingerprint density at radius 2 is 1.72 bits per heavy atom. The van der Waals surface area contributed by atoms with E-state index in [-0.39, 0.29) is 22.2 Å². The first-order valence-electron chi connectivity index (χ1n) is 13.6. The van der Waals surface area contributed by atoms with Gasteiger partial charge in [0.2, 0.25) is 0 Å². The van der Waals surface area contributed by atoms with Gasteiger partial charge >= 0.3 is 0 Å². The van der Waals surface area contributed by atoms with Crippen molar-refractivity contribution in [3.63, 3.8) is 0 Å². The first-order chi connectivity index (χ1) is 14.8. The van der Waals surface area contributed by atoms with Gasteiger partial charge in [-0.05, 0) is 84.9 Å². The largest absolute Gasteiger partial charge is 0.299 e. The molecule has 2 heteroatoms. The van der Waals surface area contributed by atoms with E-state index in [2.05, 4.69) is 47.6 Å². The molecule has 4 aliphatic carbocycles. The van der Waals surface area contributed by atoms with E-state index >= 15 is 0 Å². The van der Waals surface area contributed by atoms with E-state index in [9.17, 15) is 9.59 Å². The summed E-state index contributed by atoms with van der Waals surface area (Å²) in [4.78, 5) is 25.1. The summed E-state index contributed by atoms with van der Waals surface area (Å²) in [6, 6.07) is 0. The maximum atomic E-state index is 12.8. The Morgan fingerprint density at radius 1 is 1.03 bits per heavy atom. The van der Waals surface area contributed by atoms with Crippen LogP contribution in [0.1, 0.15) is 113 Å². The molecular weight excluding hydrogens is 392 g/mol. The average Bonchev–Trinajstić information content (AvgIpc) is 3.00. The van der Waals surface area contributed by atoms with Gasteiger partial charge in [-0.1, -0.05) is 67.0 Å². The van der Waals surface area contributed by atoms with E-state index in [4.69, 9.17) is 0 Å². The van der Waals surface area contributed by atoms with Crippen molar-refractivity contribution in [2.45, 2.75) is 113 Å². The third kappa shape index (κ3) is 3.24. The van der Waals surface area contributed by atoms with Gasteiger partial charge in [-0.15, -0.1) is 0 Å². The second-order valence-electron chi connectivity index (χ2n) is 13.7. The number of ketones is 2. The van der Waals surface area contributed by atoms with Crippen LogP contribution < -0.4 is 0 Å². The van der Waals surface area contributed by atoms with Crippen LogP contribution in [-0.2, 0) is 9.59 Å². The Bertz CT molecular complexity index is 819. The zero-order valence-electron chi connectivity index (χ0n) is 22.1. The molecule has 0 radical (unpaired) electrons. The average molecular weight is 441 g/mol. The lowest BCUT2D eigenvalue weighted by atomic mass is 9.41. The van der Waals surface area contributed by atoms with E-state index in [1.807, 2.05) is 13.8 Å². The summed E-state index contributed by atoms with van der Waals surface area (Å²) in [6.07, 6.45) is 12.5. The second-order valence-corrected chi connectivity index (χ2v) is 13.7. The van der Waals surface area contributed by atoms with Gasteiger partial charge in [-0.2, -0.15) is 0 Å². The third-order valence-corrected chi connectivity index (χ3v) is 11.8. The molecule has 4 rings (SSSR count). The van der Waals surface area contributed by atoms with Crippen molar-refractivity contribution in [2.24, 2.45) is 51.2 Å². The maximum absolute atomic E-state index is 12.8. The lowest BCUT2D eigenvalue weighted by molar-refractivity contribution is -0.146. The normalized spacial score (nSPS) is 43.8. The molecule has 0 N–H and O–H groups in total. The molecule has 0 bridgehead atoms. The van der Waals surface area contributed by atoms with E-state index in [0.29, 0.717) is 40.7 Å². The van der Waals surface area contributed by atoms with Crippen LogP contribution in [0, 0.1) is 51.2 Å². The first kappa shape index (κ1) is 24.2. The van der Waals surface area contributed by atoms with Crippen molar-refractivity contribution < 1.29 is 9.59 Å². The van der Waals surface area contributed by atoms with Crippen molar-refractivity contribution in [1.82, 2.24) is 0 Å². The van der Waals surface area contributed by atoms with Gasteiger partial charge in [-0.3, -0.25) is 9.59 Å². The lowest BCUT2D eigenvalue weighted by Crippen LogP contribution is -2.57. The monoisotopic (exact) mass is 440 g/mol. The molecule has 0 aromatic carbocycles. The van der Waals surface area contributed by atoms with Crippen LogP contribution in [0.2, 0.25) is 0 Å². The van der Waals surface area contributed by atoms with Crippen LogP contribution in [0.5, 0.6) is 0 Å². The van der Waals surface area contributed by atoms with Crippen LogP contribution in [-0.4, -0.2) is 11.6 Å². The van der Waals surface area contributed by atoms with Gasteiger partial charge in [0, 0.05) is 24.2 Å². The zero-order chi connectivity index (χ0) is 23.7.